The van der Waals surface area contributed by atoms with Crippen molar-refractivity contribution in [2.24, 2.45) is 5.92 Å². The third-order valence-electron chi connectivity index (χ3n) is 4.63. The molecule has 1 amide bonds. The van der Waals surface area contributed by atoms with E-state index in [4.69, 9.17) is 0 Å². The van der Waals surface area contributed by atoms with Crippen LogP contribution in [0.15, 0.2) is 58.3 Å². The number of anilines is 1. The molecule has 0 spiro atoms. The molecule has 1 saturated heterocycles. The maximum absolute atomic E-state index is 13.0. The number of hydrogen-bond acceptors (Lipinski definition) is 4. The number of nitrogens with zero attached hydrogens (tertiary/aromatic N) is 1. The van der Waals surface area contributed by atoms with E-state index in [0.29, 0.717) is 12.8 Å². The van der Waals surface area contributed by atoms with Crippen LogP contribution in [0.5, 0.6) is 0 Å². The number of thioether (sulfide) groups is 1. The van der Waals surface area contributed by atoms with E-state index < -0.39 is 15.8 Å². The zero-order valence-corrected chi connectivity index (χ0v) is 16.5. The van der Waals surface area contributed by atoms with Crippen LogP contribution in [0, 0.1) is 11.7 Å². The lowest BCUT2D eigenvalue weighted by atomic mass is 9.97. The summed E-state index contributed by atoms with van der Waals surface area (Å²) in [4.78, 5) is 13.6. The van der Waals surface area contributed by atoms with Crippen molar-refractivity contribution in [2.75, 3.05) is 24.7 Å². The lowest BCUT2D eigenvalue weighted by Gasteiger charge is -2.30. The van der Waals surface area contributed by atoms with Gasteiger partial charge in [0.2, 0.25) is 15.9 Å². The number of amides is 1. The minimum Gasteiger partial charge on any atom is -0.326 e. The fourth-order valence-corrected chi connectivity index (χ4v) is 4.91. The van der Waals surface area contributed by atoms with Gasteiger partial charge in [0, 0.05) is 29.6 Å². The molecule has 0 bridgehead atoms. The first kappa shape index (κ1) is 19.9. The van der Waals surface area contributed by atoms with Crippen LogP contribution in [0.4, 0.5) is 10.1 Å². The maximum Gasteiger partial charge on any atom is 0.243 e. The molecule has 1 heterocycles. The number of carbonyl (C=O) groups excluding carboxylic acids is 1. The van der Waals surface area contributed by atoms with Crippen molar-refractivity contribution < 1.29 is 17.6 Å². The van der Waals surface area contributed by atoms with Gasteiger partial charge >= 0.3 is 0 Å². The number of sulfonamides is 1. The van der Waals surface area contributed by atoms with Gasteiger partial charge in [0.05, 0.1) is 4.90 Å². The van der Waals surface area contributed by atoms with Gasteiger partial charge in [0.25, 0.3) is 0 Å². The van der Waals surface area contributed by atoms with Crippen LogP contribution >= 0.6 is 11.8 Å². The molecule has 0 atom stereocenters. The summed E-state index contributed by atoms with van der Waals surface area (Å²) in [6.45, 7) is 0.534. The van der Waals surface area contributed by atoms with Gasteiger partial charge < -0.3 is 5.32 Å². The van der Waals surface area contributed by atoms with Crippen LogP contribution in [0.3, 0.4) is 0 Å². The number of rotatable bonds is 5. The molecule has 27 heavy (non-hydrogen) atoms. The summed E-state index contributed by atoms with van der Waals surface area (Å²) in [6, 6.07) is 12.4. The molecule has 2 aromatic carbocycles. The van der Waals surface area contributed by atoms with Gasteiger partial charge in [-0.2, -0.15) is 4.31 Å². The second-order valence-corrected chi connectivity index (χ2v) is 9.17. The van der Waals surface area contributed by atoms with Gasteiger partial charge in [-0.1, -0.05) is 0 Å². The Bertz CT molecular complexity index is 892. The first-order chi connectivity index (χ1) is 12.9. The van der Waals surface area contributed by atoms with E-state index in [1.807, 2.05) is 30.5 Å². The van der Waals surface area contributed by atoms with Crippen LogP contribution in [0.25, 0.3) is 0 Å². The number of nitrogens with one attached hydrogen (secondary N) is 1. The van der Waals surface area contributed by atoms with Crippen molar-refractivity contribution in [2.45, 2.75) is 22.6 Å². The zero-order chi connectivity index (χ0) is 19.4. The minimum atomic E-state index is -3.66. The number of piperidine rings is 1. The summed E-state index contributed by atoms with van der Waals surface area (Å²) in [5.41, 5.74) is 0.735. The Kier molecular flexibility index (Phi) is 6.18. The predicted molar refractivity (Wildman–Crippen MR) is 105 cm³/mol. The summed E-state index contributed by atoms with van der Waals surface area (Å²) in [5.74, 6) is -0.800. The molecule has 1 aliphatic rings. The monoisotopic (exact) mass is 408 g/mol. The van der Waals surface area contributed by atoms with Gasteiger partial charge in [-0.3, -0.25) is 4.79 Å². The van der Waals surface area contributed by atoms with Crippen molar-refractivity contribution >= 4 is 33.4 Å². The van der Waals surface area contributed by atoms with E-state index in [0.717, 1.165) is 22.7 Å². The van der Waals surface area contributed by atoms with Gasteiger partial charge in [-0.25, -0.2) is 12.8 Å². The van der Waals surface area contributed by atoms with E-state index in [2.05, 4.69) is 5.32 Å². The lowest BCUT2D eigenvalue weighted by molar-refractivity contribution is -0.120. The Morgan fingerprint density at radius 3 is 2.22 bits per heavy atom. The Labute approximate surface area is 163 Å². The first-order valence-electron chi connectivity index (χ1n) is 8.61. The fourth-order valence-electron chi connectivity index (χ4n) is 3.03. The molecule has 1 aliphatic heterocycles. The largest absolute Gasteiger partial charge is 0.326 e. The minimum absolute atomic E-state index is 0.0701. The van der Waals surface area contributed by atoms with Crippen LogP contribution in [0.2, 0.25) is 0 Å². The molecule has 144 valence electrons. The molecule has 0 radical (unpaired) electrons. The summed E-state index contributed by atoms with van der Waals surface area (Å²) in [6.07, 6.45) is 2.89. The smallest absolute Gasteiger partial charge is 0.243 e. The highest BCUT2D eigenvalue weighted by Gasteiger charge is 2.32. The Balaban J connectivity index is 1.59. The summed E-state index contributed by atoms with van der Waals surface area (Å²) >= 11 is 1.63. The molecule has 5 nitrogen and oxygen atoms in total. The molecule has 0 saturated carbocycles. The molecular formula is C19H21FN2O3S2. The van der Waals surface area contributed by atoms with E-state index in [9.17, 15) is 17.6 Å². The number of halogens is 1. The fraction of sp³-hybridized carbons (Fsp3) is 0.316. The molecule has 1 N–H and O–H groups in total. The Hall–Kier alpha value is -1.90. The summed E-state index contributed by atoms with van der Waals surface area (Å²) in [7, 11) is -3.66. The van der Waals surface area contributed by atoms with Crippen molar-refractivity contribution in [3.63, 3.8) is 0 Å². The number of hydrogen-bond donors (Lipinski definition) is 1. The first-order valence-corrected chi connectivity index (χ1v) is 11.3. The second kappa shape index (κ2) is 8.41. The quantitative estimate of drug-likeness (QED) is 0.768. The lowest BCUT2D eigenvalue weighted by Crippen LogP contribution is -2.41. The van der Waals surface area contributed by atoms with Crippen molar-refractivity contribution in [3.05, 3.63) is 54.3 Å². The zero-order valence-electron chi connectivity index (χ0n) is 14.9. The van der Waals surface area contributed by atoms with Crippen molar-refractivity contribution in [1.29, 1.82) is 0 Å². The highest BCUT2D eigenvalue weighted by atomic mass is 32.2. The van der Waals surface area contributed by atoms with Gasteiger partial charge in [-0.05, 0) is 67.6 Å². The third-order valence-corrected chi connectivity index (χ3v) is 7.29. The molecule has 0 unspecified atom stereocenters. The van der Waals surface area contributed by atoms with E-state index in [-0.39, 0.29) is 29.8 Å². The van der Waals surface area contributed by atoms with E-state index in [1.54, 1.807) is 11.8 Å². The summed E-state index contributed by atoms with van der Waals surface area (Å²) < 4.78 is 39.6. The van der Waals surface area contributed by atoms with Gasteiger partial charge in [0.15, 0.2) is 0 Å². The van der Waals surface area contributed by atoms with E-state index in [1.165, 1.54) is 16.4 Å². The molecule has 1 fully saturated rings. The molecule has 0 aromatic heterocycles. The highest BCUT2D eigenvalue weighted by molar-refractivity contribution is 7.98. The van der Waals surface area contributed by atoms with Crippen LogP contribution in [-0.2, 0) is 14.8 Å². The summed E-state index contributed by atoms with van der Waals surface area (Å²) in [5, 5.41) is 2.90. The average molecular weight is 409 g/mol. The van der Waals surface area contributed by atoms with Crippen LogP contribution in [0.1, 0.15) is 12.8 Å². The third kappa shape index (κ3) is 4.69. The van der Waals surface area contributed by atoms with Crippen molar-refractivity contribution in [1.82, 2.24) is 4.31 Å². The topological polar surface area (TPSA) is 66.5 Å². The van der Waals surface area contributed by atoms with Gasteiger partial charge in [0.1, 0.15) is 5.82 Å². The molecule has 8 heteroatoms. The van der Waals surface area contributed by atoms with Crippen LogP contribution < -0.4 is 5.32 Å². The SMILES string of the molecule is CSc1ccc(NC(=O)C2CCN(S(=O)(=O)c3ccc(F)cc3)CC2)cc1. The Morgan fingerprint density at radius 1 is 1.07 bits per heavy atom. The molecule has 2 aromatic rings. The number of benzene rings is 2. The maximum atomic E-state index is 13.0. The predicted octanol–water partition coefficient (Wildman–Crippen LogP) is 3.59. The molecule has 3 rings (SSSR count). The van der Waals surface area contributed by atoms with Crippen molar-refractivity contribution in [3.8, 4) is 0 Å². The normalized spacial score (nSPS) is 16.2. The van der Waals surface area contributed by atoms with Gasteiger partial charge in [-0.15, -0.1) is 11.8 Å². The highest BCUT2D eigenvalue weighted by Crippen LogP contribution is 2.25. The second-order valence-electron chi connectivity index (χ2n) is 6.35. The standard InChI is InChI=1S/C19H21FN2O3S2/c1-26-17-6-4-16(5-7-17)21-19(23)14-10-12-22(13-11-14)27(24,25)18-8-2-15(20)3-9-18/h2-9,14H,10-13H2,1H3,(H,21,23). The molecule has 0 aliphatic carbocycles. The van der Waals surface area contributed by atoms with E-state index >= 15 is 0 Å². The van der Waals surface area contributed by atoms with Crippen LogP contribution in [-0.4, -0.2) is 38.0 Å². The molecular weight excluding hydrogens is 387 g/mol. The number of carbonyl (C=O) groups is 1. The Morgan fingerprint density at radius 2 is 1.67 bits per heavy atom. The average Bonchev–Trinajstić information content (AvgIpc) is 2.69.